The molecule has 0 radical (unpaired) electrons. The summed E-state index contributed by atoms with van der Waals surface area (Å²) >= 11 is 12.1. The summed E-state index contributed by atoms with van der Waals surface area (Å²) in [6.45, 7) is 0. The Bertz CT molecular complexity index is 729. The van der Waals surface area contributed by atoms with Crippen LogP contribution in [-0.4, -0.2) is 22.7 Å². The molecule has 0 aliphatic heterocycles. The van der Waals surface area contributed by atoms with E-state index < -0.39 is 0 Å². The molecule has 2 aromatic rings. The summed E-state index contributed by atoms with van der Waals surface area (Å²) in [4.78, 5) is 27.6. The molecule has 1 heterocycles. The Hall–Kier alpha value is -1.78. The molecule has 1 aromatic carbocycles. The molecule has 3 rings (SSSR count). The largest absolute Gasteiger partial charge is 0.356 e. The van der Waals surface area contributed by atoms with Crippen LogP contribution < -0.4 is 5.32 Å². The van der Waals surface area contributed by atoms with Gasteiger partial charge in [-0.25, -0.2) is 0 Å². The van der Waals surface area contributed by atoms with E-state index in [9.17, 15) is 9.59 Å². The first-order valence-corrected chi connectivity index (χ1v) is 8.30. The molecule has 1 aliphatic carbocycles. The van der Waals surface area contributed by atoms with Crippen molar-refractivity contribution in [2.45, 2.75) is 31.7 Å². The lowest BCUT2D eigenvalue weighted by Gasteiger charge is -2.10. The summed E-state index contributed by atoms with van der Waals surface area (Å²) in [6.07, 6.45) is 5.81. The summed E-state index contributed by atoms with van der Waals surface area (Å²) in [5.74, 6) is -0.502. The maximum Gasteiger partial charge on any atom is 0.267 e. The zero-order chi connectivity index (χ0) is 16.4. The van der Waals surface area contributed by atoms with Crippen molar-refractivity contribution in [3.05, 3.63) is 57.3 Å². The first kappa shape index (κ1) is 16.1. The Morgan fingerprint density at radius 1 is 1.13 bits per heavy atom. The fraction of sp³-hybridized carbons (Fsp3) is 0.294. The van der Waals surface area contributed by atoms with Crippen LogP contribution in [0.2, 0.25) is 10.0 Å². The number of rotatable bonds is 4. The zero-order valence-corrected chi connectivity index (χ0v) is 13.9. The number of ketones is 1. The zero-order valence-electron chi connectivity index (χ0n) is 12.4. The highest BCUT2D eigenvalue weighted by molar-refractivity contribution is 6.41. The minimum Gasteiger partial charge on any atom is -0.356 e. The van der Waals surface area contributed by atoms with Gasteiger partial charge < -0.3 is 10.3 Å². The lowest BCUT2D eigenvalue weighted by Crippen LogP contribution is -2.32. The summed E-state index contributed by atoms with van der Waals surface area (Å²) in [5, 5.41) is 3.56. The molecule has 1 aromatic heterocycles. The topological polar surface area (TPSA) is 62.0 Å². The molecule has 0 bridgehead atoms. The van der Waals surface area contributed by atoms with Crippen LogP contribution in [0.1, 0.15) is 52.1 Å². The first-order valence-electron chi connectivity index (χ1n) is 7.54. The minimum absolute atomic E-state index is 0.193. The van der Waals surface area contributed by atoms with Crippen LogP contribution in [-0.2, 0) is 0 Å². The molecule has 4 nitrogen and oxygen atoms in total. The molecule has 2 N–H and O–H groups in total. The third-order valence-corrected chi connectivity index (χ3v) is 4.70. The lowest BCUT2D eigenvalue weighted by atomic mass is 10.1. The number of H-pyrrole nitrogens is 1. The van der Waals surface area contributed by atoms with Crippen molar-refractivity contribution < 1.29 is 9.59 Å². The second-order valence-corrected chi connectivity index (χ2v) is 6.50. The predicted octanol–water partition coefficient (Wildman–Crippen LogP) is 4.22. The van der Waals surface area contributed by atoms with Gasteiger partial charge in [0, 0.05) is 17.8 Å². The molecule has 1 amide bonds. The van der Waals surface area contributed by atoms with Gasteiger partial charge in [-0.2, -0.15) is 0 Å². The van der Waals surface area contributed by atoms with Crippen molar-refractivity contribution in [3.8, 4) is 0 Å². The molecular formula is C17H16Cl2N2O2. The second-order valence-electron chi connectivity index (χ2n) is 5.68. The third-order valence-electron chi connectivity index (χ3n) is 4.07. The number of carbonyl (C=O) groups excluding carboxylic acids is 2. The lowest BCUT2D eigenvalue weighted by molar-refractivity contribution is 0.0933. The molecule has 0 unspecified atom stereocenters. The van der Waals surface area contributed by atoms with E-state index in [1.54, 1.807) is 18.2 Å². The van der Waals surface area contributed by atoms with Gasteiger partial charge in [0.05, 0.1) is 15.6 Å². The van der Waals surface area contributed by atoms with Crippen molar-refractivity contribution >= 4 is 34.9 Å². The van der Waals surface area contributed by atoms with Gasteiger partial charge in [0.25, 0.3) is 5.91 Å². The fourth-order valence-electron chi connectivity index (χ4n) is 2.85. The van der Waals surface area contributed by atoms with Crippen molar-refractivity contribution in [3.63, 3.8) is 0 Å². The van der Waals surface area contributed by atoms with Gasteiger partial charge in [0.2, 0.25) is 0 Å². The van der Waals surface area contributed by atoms with Crippen LogP contribution in [0.15, 0.2) is 30.5 Å². The van der Waals surface area contributed by atoms with Gasteiger partial charge in [-0.3, -0.25) is 9.59 Å². The Morgan fingerprint density at radius 2 is 1.78 bits per heavy atom. The van der Waals surface area contributed by atoms with Crippen LogP contribution in [0.4, 0.5) is 0 Å². The summed E-state index contributed by atoms with van der Waals surface area (Å²) in [5.41, 5.74) is 0.970. The third kappa shape index (κ3) is 3.43. The Balaban J connectivity index is 1.78. The fourth-order valence-corrected chi connectivity index (χ4v) is 3.42. The molecule has 1 saturated carbocycles. The number of aromatic amines is 1. The second kappa shape index (κ2) is 6.77. The Morgan fingerprint density at radius 3 is 2.43 bits per heavy atom. The highest BCUT2D eigenvalue weighted by Crippen LogP contribution is 2.27. The van der Waals surface area contributed by atoms with Crippen LogP contribution in [0.3, 0.4) is 0 Å². The SMILES string of the molecule is O=C(NC1CCCC1)c1cc(C(=O)c2c(Cl)cccc2Cl)c[nH]1. The van der Waals surface area contributed by atoms with Crippen molar-refractivity contribution in [2.75, 3.05) is 0 Å². The number of hydrogen-bond donors (Lipinski definition) is 2. The predicted molar refractivity (Wildman–Crippen MR) is 90.4 cm³/mol. The van der Waals surface area contributed by atoms with E-state index in [1.807, 2.05) is 0 Å². The van der Waals surface area contributed by atoms with Crippen molar-refractivity contribution in [1.29, 1.82) is 0 Å². The molecule has 1 fully saturated rings. The van der Waals surface area contributed by atoms with Crippen molar-refractivity contribution in [1.82, 2.24) is 10.3 Å². The standard InChI is InChI=1S/C17H16Cl2N2O2/c18-12-6-3-7-13(19)15(12)16(22)10-8-14(20-9-10)17(23)21-11-4-1-2-5-11/h3,6-9,11,20H,1-2,4-5H2,(H,21,23). The number of amides is 1. The number of hydrogen-bond acceptors (Lipinski definition) is 2. The van der Waals surface area contributed by atoms with E-state index in [1.165, 1.54) is 12.3 Å². The average molecular weight is 351 g/mol. The summed E-state index contributed by atoms with van der Waals surface area (Å²) in [6, 6.07) is 6.66. The quantitative estimate of drug-likeness (QED) is 0.810. The number of aromatic nitrogens is 1. The summed E-state index contributed by atoms with van der Waals surface area (Å²) < 4.78 is 0. The molecule has 23 heavy (non-hydrogen) atoms. The van der Waals surface area contributed by atoms with Crippen LogP contribution in [0.5, 0.6) is 0 Å². The van der Waals surface area contributed by atoms with Crippen LogP contribution >= 0.6 is 23.2 Å². The maximum atomic E-state index is 12.5. The maximum absolute atomic E-state index is 12.5. The first-order chi connectivity index (χ1) is 11.1. The number of benzene rings is 1. The van der Waals surface area contributed by atoms with Crippen molar-refractivity contribution in [2.24, 2.45) is 0 Å². The normalized spacial score (nSPS) is 14.9. The average Bonchev–Trinajstić information content (AvgIpc) is 3.18. The van der Waals surface area contributed by atoms with Gasteiger partial charge in [0.1, 0.15) is 5.69 Å². The van der Waals surface area contributed by atoms with Gasteiger partial charge in [-0.15, -0.1) is 0 Å². The number of nitrogens with one attached hydrogen (secondary N) is 2. The smallest absolute Gasteiger partial charge is 0.267 e. The number of halogens is 2. The van der Waals surface area contributed by atoms with E-state index >= 15 is 0 Å². The molecule has 0 saturated heterocycles. The molecule has 6 heteroatoms. The van der Waals surface area contributed by atoms with E-state index in [2.05, 4.69) is 10.3 Å². The number of carbonyl (C=O) groups is 2. The minimum atomic E-state index is -0.309. The Labute approximate surface area is 144 Å². The molecule has 120 valence electrons. The van der Waals surface area contributed by atoms with Gasteiger partial charge >= 0.3 is 0 Å². The molecule has 0 atom stereocenters. The molecule has 0 spiro atoms. The van der Waals surface area contributed by atoms with E-state index in [0.717, 1.165) is 25.7 Å². The molecule has 1 aliphatic rings. The van der Waals surface area contributed by atoms with Gasteiger partial charge in [-0.1, -0.05) is 42.1 Å². The highest BCUT2D eigenvalue weighted by atomic mass is 35.5. The summed E-state index contributed by atoms with van der Waals surface area (Å²) in [7, 11) is 0. The van der Waals surface area contributed by atoms with Gasteiger partial charge in [0.15, 0.2) is 5.78 Å². The monoisotopic (exact) mass is 350 g/mol. The highest BCUT2D eigenvalue weighted by Gasteiger charge is 2.21. The van der Waals surface area contributed by atoms with E-state index in [4.69, 9.17) is 23.2 Å². The van der Waals surface area contributed by atoms with Crippen LogP contribution in [0.25, 0.3) is 0 Å². The van der Waals surface area contributed by atoms with E-state index in [-0.39, 0.29) is 23.3 Å². The Kier molecular flexibility index (Phi) is 4.74. The van der Waals surface area contributed by atoms with Gasteiger partial charge in [-0.05, 0) is 31.0 Å². The van der Waals surface area contributed by atoms with E-state index in [0.29, 0.717) is 21.3 Å². The van der Waals surface area contributed by atoms with Crippen LogP contribution in [0, 0.1) is 0 Å². The molecular weight excluding hydrogens is 335 g/mol.